The van der Waals surface area contributed by atoms with Crippen molar-refractivity contribution in [1.29, 1.82) is 0 Å². The summed E-state index contributed by atoms with van der Waals surface area (Å²) in [7, 11) is 1.34. The van der Waals surface area contributed by atoms with Gasteiger partial charge in [0, 0.05) is 10.7 Å². The number of aldehydes is 1. The highest BCUT2D eigenvalue weighted by atomic mass is 35.7. The topological polar surface area (TPSA) is 51.2 Å². The molecule has 1 heterocycles. The molecule has 0 amide bonds. The lowest BCUT2D eigenvalue weighted by atomic mass is 10.5. The molecule has 0 spiro atoms. The maximum Gasteiger partial charge on any atom is 0.270 e. The monoisotopic (exact) mass is 210 g/mol. The molecule has 0 atom stereocenters. The van der Waals surface area contributed by atoms with Gasteiger partial charge in [0.25, 0.3) is 9.05 Å². The third-order valence-corrected chi connectivity index (χ3v) is 4.06. The van der Waals surface area contributed by atoms with Crippen LogP contribution in [0.5, 0.6) is 0 Å². The van der Waals surface area contributed by atoms with Crippen LogP contribution in [-0.2, 0) is 9.05 Å². The number of hydrogen-bond donors (Lipinski definition) is 0. The van der Waals surface area contributed by atoms with Crippen LogP contribution in [0, 0.1) is 0 Å². The van der Waals surface area contributed by atoms with Crippen molar-refractivity contribution in [1.82, 2.24) is 0 Å². The Bertz CT molecular complexity index is 365. The van der Waals surface area contributed by atoms with Gasteiger partial charge in [-0.25, -0.2) is 8.42 Å². The van der Waals surface area contributed by atoms with Crippen LogP contribution in [0.3, 0.4) is 0 Å². The third kappa shape index (κ3) is 2.02. The summed E-state index contributed by atoms with van der Waals surface area (Å²) in [5.74, 6) is 0. The van der Waals surface area contributed by atoms with Crippen molar-refractivity contribution < 1.29 is 13.2 Å². The number of thiophene rings is 1. The summed E-state index contributed by atoms with van der Waals surface area (Å²) in [5, 5.41) is 0. The second kappa shape index (κ2) is 2.92. The average molecular weight is 211 g/mol. The van der Waals surface area contributed by atoms with Gasteiger partial charge in [0.15, 0.2) is 6.29 Å². The molecular formula is C5H3ClO3S2. The number of hydrogen-bond acceptors (Lipinski definition) is 4. The Hall–Kier alpha value is -0.390. The first-order chi connectivity index (χ1) is 5.04. The Balaban J connectivity index is 3.18. The molecule has 0 aliphatic rings. The van der Waals surface area contributed by atoms with E-state index in [0.717, 1.165) is 11.3 Å². The number of carbonyl (C=O) groups excluding carboxylic acids is 1. The van der Waals surface area contributed by atoms with Crippen molar-refractivity contribution in [3.8, 4) is 0 Å². The summed E-state index contributed by atoms with van der Waals surface area (Å²) < 4.78 is 21.2. The average Bonchev–Trinajstić information content (AvgIpc) is 2.32. The molecule has 1 rings (SSSR count). The first-order valence-electron chi connectivity index (χ1n) is 2.54. The lowest BCUT2D eigenvalue weighted by Gasteiger charge is -1.83. The predicted octanol–water partition coefficient (Wildman–Crippen LogP) is 1.49. The van der Waals surface area contributed by atoms with E-state index in [9.17, 15) is 13.2 Å². The molecule has 6 heteroatoms. The van der Waals surface area contributed by atoms with E-state index in [4.69, 9.17) is 10.7 Å². The Kier molecular flexibility index (Phi) is 2.31. The van der Waals surface area contributed by atoms with E-state index in [1.54, 1.807) is 0 Å². The predicted molar refractivity (Wildman–Crippen MR) is 42.7 cm³/mol. The van der Waals surface area contributed by atoms with Crippen LogP contribution in [0.25, 0.3) is 0 Å². The summed E-state index contributed by atoms with van der Waals surface area (Å²) in [5.41, 5.74) is 0. The van der Waals surface area contributed by atoms with Gasteiger partial charge in [-0.3, -0.25) is 4.79 Å². The molecule has 0 aliphatic heterocycles. The van der Waals surface area contributed by atoms with Crippen molar-refractivity contribution in [2.45, 2.75) is 4.21 Å². The lowest BCUT2D eigenvalue weighted by Crippen LogP contribution is -1.83. The Morgan fingerprint density at radius 3 is 2.36 bits per heavy atom. The zero-order valence-electron chi connectivity index (χ0n) is 5.15. The summed E-state index contributed by atoms with van der Waals surface area (Å²) in [6, 6.07) is 2.71. The first kappa shape index (κ1) is 8.70. The van der Waals surface area contributed by atoms with Crippen molar-refractivity contribution in [3.63, 3.8) is 0 Å². The lowest BCUT2D eigenvalue weighted by molar-refractivity contribution is 0.112. The summed E-state index contributed by atoms with van der Waals surface area (Å²) in [4.78, 5) is 10.5. The summed E-state index contributed by atoms with van der Waals surface area (Å²) >= 11 is 0.852. The van der Waals surface area contributed by atoms with Crippen molar-refractivity contribution >= 4 is 37.4 Å². The van der Waals surface area contributed by atoms with E-state index in [1.165, 1.54) is 12.1 Å². The molecule has 0 bridgehead atoms. The Labute approximate surface area is 72.0 Å². The van der Waals surface area contributed by atoms with Crippen LogP contribution >= 0.6 is 22.0 Å². The Morgan fingerprint density at radius 1 is 1.45 bits per heavy atom. The van der Waals surface area contributed by atoms with E-state index >= 15 is 0 Å². The molecule has 0 fully saturated rings. The fourth-order valence-corrected chi connectivity index (χ4v) is 2.44. The van der Waals surface area contributed by atoms with Gasteiger partial charge < -0.3 is 0 Å². The quantitative estimate of drug-likeness (QED) is 0.549. The maximum absolute atomic E-state index is 10.6. The minimum atomic E-state index is -3.66. The smallest absolute Gasteiger partial charge is 0.270 e. The highest BCUT2D eigenvalue weighted by Crippen LogP contribution is 2.23. The summed E-state index contributed by atoms with van der Waals surface area (Å²) in [6.45, 7) is 0. The standard InChI is InChI=1S/C5H3ClO3S2/c6-11(8,9)5-2-1-4(3-7)10-5/h1-3H. The van der Waals surface area contributed by atoms with Gasteiger partial charge in [-0.1, -0.05) is 0 Å². The van der Waals surface area contributed by atoms with E-state index in [-0.39, 0.29) is 4.21 Å². The fraction of sp³-hybridized carbons (Fsp3) is 0. The van der Waals surface area contributed by atoms with Crippen LogP contribution in [0.4, 0.5) is 0 Å². The molecule has 0 saturated carbocycles. The van der Waals surface area contributed by atoms with Crippen LogP contribution in [0.15, 0.2) is 16.3 Å². The number of halogens is 1. The molecule has 0 saturated heterocycles. The zero-order chi connectivity index (χ0) is 8.48. The van der Waals surface area contributed by atoms with E-state index in [2.05, 4.69) is 0 Å². The van der Waals surface area contributed by atoms with Gasteiger partial charge in [0.05, 0.1) is 4.88 Å². The SMILES string of the molecule is O=Cc1ccc(S(=O)(=O)Cl)s1. The van der Waals surface area contributed by atoms with Gasteiger partial charge >= 0.3 is 0 Å². The second-order valence-corrected chi connectivity index (χ2v) is 5.62. The van der Waals surface area contributed by atoms with E-state index in [0.29, 0.717) is 11.2 Å². The molecule has 60 valence electrons. The number of rotatable bonds is 2. The second-order valence-electron chi connectivity index (χ2n) is 1.71. The summed E-state index contributed by atoms with van der Waals surface area (Å²) in [6.07, 6.45) is 0.580. The van der Waals surface area contributed by atoms with Gasteiger partial charge in [-0.05, 0) is 12.1 Å². The molecule has 0 aromatic carbocycles. The highest BCUT2D eigenvalue weighted by Gasteiger charge is 2.12. The molecule has 0 radical (unpaired) electrons. The molecule has 0 unspecified atom stereocenters. The third-order valence-electron chi connectivity index (χ3n) is 0.959. The Morgan fingerprint density at radius 2 is 2.09 bits per heavy atom. The number of carbonyl (C=O) groups is 1. The van der Waals surface area contributed by atoms with Gasteiger partial charge in [-0.15, -0.1) is 11.3 Å². The van der Waals surface area contributed by atoms with Crippen molar-refractivity contribution in [2.24, 2.45) is 0 Å². The van der Waals surface area contributed by atoms with Gasteiger partial charge in [0.1, 0.15) is 4.21 Å². The molecule has 11 heavy (non-hydrogen) atoms. The molecule has 0 N–H and O–H groups in total. The zero-order valence-corrected chi connectivity index (χ0v) is 7.54. The van der Waals surface area contributed by atoms with Crippen molar-refractivity contribution in [3.05, 3.63) is 17.0 Å². The van der Waals surface area contributed by atoms with Crippen molar-refractivity contribution in [2.75, 3.05) is 0 Å². The molecule has 1 aromatic rings. The normalized spacial score (nSPS) is 11.4. The van der Waals surface area contributed by atoms with Crippen LogP contribution in [-0.4, -0.2) is 14.7 Å². The molecular weight excluding hydrogens is 208 g/mol. The minimum Gasteiger partial charge on any atom is -0.297 e. The van der Waals surface area contributed by atoms with Crippen LogP contribution in [0.2, 0.25) is 0 Å². The maximum atomic E-state index is 10.6. The largest absolute Gasteiger partial charge is 0.297 e. The van der Waals surface area contributed by atoms with Gasteiger partial charge in [0.2, 0.25) is 0 Å². The molecule has 1 aromatic heterocycles. The molecule has 3 nitrogen and oxygen atoms in total. The minimum absolute atomic E-state index is 0.00117. The van der Waals surface area contributed by atoms with E-state index in [1.807, 2.05) is 0 Å². The fourth-order valence-electron chi connectivity index (χ4n) is 0.529. The molecule has 0 aliphatic carbocycles. The van der Waals surface area contributed by atoms with E-state index < -0.39 is 9.05 Å². The van der Waals surface area contributed by atoms with Crippen LogP contribution < -0.4 is 0 Å². The van der Waals surface area contributed by atoms with Crippen LogP contribution in [0.1, 0.15) is 9.67 Å². The highest BCUT2D eigenvalue weighted by molar-refractivity contribution is 8.15. The first-order valence-corrected chi connectivity index (χ1v) is 5.66. The van der Waals surface area contributed by atoms with Gasteiger partial charge in [-0.2, -0.15) is 0 Å².